The highest BCUT2D eigenvalue weighted by Crippen LogP contribution is 2.33. The lowest BCUT2D eigenvalue weighted by molar-refractivity contribution is -0.139. The summed E-state index contributed by atoms with van der Waals surface area (Å²) < 4.78 is 1.50. The van der Waals surface area contributed by atoms with Crippen molar-refractivity contribution in [1.29, 1.82) is 0 Å². The Morgan fingerprint density at radius 3 is 2.60 bits per heavy atom. The van der Waals surface area contributed by atoms with Crippen LogP contribution in [0.1, 0.15) is 55.2 Å². The fourth-order valence-corrected chi connectivity index (χ4v) is 2.12. The number of aryl methyl sites for hydroxylation is 1. The summed E-state index contributed by atoms with van der Waals surface area (Å²) in [4.78, 5) is 23.4. The first-order chi connectivity index (χ1) is 9.38. The van der Waals surface area contributed by atoms with Gasteiger partial charge < -0.3 is 10.4 Å². The van der Waals surface area contributed by atoms with Crippen LogP contribution >= 0.6 is 0 Å². The smallest absolute Gasteiger partial charge is 0.326 e. The highest BCUT2D eigenvalue weighted by molar-refractivity contribution is 5.95. The summed E-state index contributed by atoms with van der Waals surface area (Å²) in [7, 11) is 1.69. The van der Waals surface area contributed by atoms with E-state index in [1.54, 1.807) is 13.1 Å². The molecule has 0 aromatic carbocycles. The van der Waals surface area contributed by atoms with Gasteiger partial charge in [0.15, 0.2) is 0 Å². The average Bonchev–Trinajstić information content (AvgIpc) is 3.08. The Hall–Kier alpha value is -1.85. The van der Waals surface area contributed by atoms with E-state index in [0.717, 1.165) is 18.5 Å². The first-order valence-corrected chi connectivity index (χ1v) is 6.96. The molecule has 1 fully saturated rings. The lowest BCUT2D eigenvalue weighted by Gasteiger charge is -2.13. The molecule has 1 aromatic rings. The molecule has 1 saturated carbocycles. The maximum Gasteiger partial charge on any atom is 0.326 e. The van der Waals surface area contributed by atoms with Crippen LogP contribution in [-0.4, -0.2) is 32.8 Å². The minimum Gasteiger partial charge on any atom is -0.480 e. The van der Waals surface area contributed by atoms with Gasteiger partial charge >= 0.3 is 5.97 Å². The third-order valence-corrected chi connectivity index (χ3v) is 3.59. The second-order valence-corrected chi connectivity index (χ2v) is 5.78. The molecule has 1 aromatic heterocycles. The molecule has 2 rings (SSSR count). The molecular weight excluding hydrogens is 258 g/mol. The summed E-state index contributed by atoms with van der Waals surface area (Å²) in [5, 5.41) is 16.0. The van der Waals surface area contributed by atoms with Crippen molar-refractivity contribution >= 4 is 11.9 Å². The van der Waals surface area contributed by atoms with Crippen LogP contribution in [0.2, 0.25) is 0 Å². The second kappa shape index (κ2) is 5.64. The SMILES string of the molecule is CC(C)c1cc(C(=O)NC(CC2CC2)C(=O)O)n(C)n1. The molecule has 1 amide bonds. The van der Waals surface area contributed by atoms with Crippen molar-refractivity contribution in [2.45, 2.75) is 45.1 Å². The van der Waals surface area contributed by atoms with Gasteiger partial charge in [0.2, 0.25) is 0 Å². The highest BCUT2D eigenvalue weighted by Gasteiger charge is 2.31. The van der Waals surface area contributed by atoms with Gasteiger partial charge in [-0.2, -0.15) is 5.10 Å². The molecule has 6 nitrogen and oxygen atoms in total. The van der Waals surface area contributed by atoms with Gasteiger partial charge in [0.05, 0.1) is 5.69 Å². The number of carbonyl (C=O) groups is 2. The zero-order valence-electron chi connectivity index (χ0n) is 12.1. The van der Waals surface area contributed by atoms with Gasteiger partial charge in [-0.05, 0) is 24.3 Å². The molecule has 1 heterocycles. The van der Waals surface area contributed by atoms with E-state index in [-0.39, 0.29) is 11.8 Å². The normalized spacial score (nSPS) is 16.2. The van der Waals surface area contributed by atoms with Gasteiger partial charge in [0.1, 0.15) is 11.7 Å². The molecule has 20 heavy (non-hydrogen) atoms. The van der Waals surface area contributed by atoms with Gasteiger partial charge in [0, 0.05) is 7.05 Å². The monoisotopic (exact) mass is 279 g/mol. The molecule has 0 spiro atoms. The van der Waals surface area contributed by atoms with E-state index in [1.165, 1.54) is 4.68 Å². The van der Waals surface area contributed by atoms with Crippen molar-refractivity contribution in [3.05, 3.63) is 17.5 Å². The standard InChI is InChI=1S/C14H21N3O3/c1-8(2)10-7-12(17(3)16-10)13(18)15-11(14(19)20)6-9-4-5-9/h7-9,11H,4-6H2,1-3H3,(H,15,18)(H,19,20). The summed E-state index contributed by atoms with van der Waals surface area (Å²) in [6.45, 7) is 3.99. The zero-order valence-corrected chi connectivity index (χ0v) is 12.1. The molecule has 110 valence electrons. The molecule has 6 heteroatoms. The highest BCUT2D eigenvalue weighted by atomic mass is 16.4. The Balaban J connectivity index is 2.07. The van der Waals surface area contributed by atoms with Crippen LogP contribution in [-0.2, 0) is 11.8 Å². The summed E-state index contributed by atoms with van der Waals surface area (Å²) in [5.74, 6) is -0.685. The largest absolute Gasteiger partial charge is 0.480 e. The van der Waals surface area contributed by atoms with Crippen molar-refractivity contribution in [2.75, 3.05) is 0 Å². The van der Waals surface area contributed by atoms with E-state index in [9.17, 15) is 14.7 Å². The molecule has 1 atom stereocenters. The lowest BCUT2D eigenvalue weighted by atomic mass is 10.1. The number of carboxylic acid groups (broad SMARTS) is 1. The van der Waals surface area contributed by atoms with Crippen molar-refractivity contribution in [1.82, 2.24) is 15.1 Å². The molecule has 2 N–H and O–H groups in total. The number of carboxylic acids is 1. The van der Waals surface area contributed by atoms with Gasteiger partial charge in [-0.1, -0.05) is 26.7 Å². The van der Waals surface area contributed by atoms with E-state index in [1.807, 2.05) is 13.8 Å². The minimum atomic E-state index is -0.975. The van der Waals surface area contributed by atoms with Crippen molar-refractivity contribution < 1.29 is 14.7 Å². The minimum absolute atomic E-state index is 0.226. The second-order valence-electron chi connectivity index (χ2n) is 5.78. The molecule has 0 radical (unpaired) electrons. The predicted molar refractivity (Wildman–Crippen MR) is 73.5 cm³/mol. The van der Waals surface area contributed by atoms with E-state index in [0.29, 0.717) is 18.0 Å². The third kappa shape index (κ3) is 3.37. The number of hydrogen-bond acceptors (Lipinski definition) is 3. The summed E-state index contributed by atoms with van der Waals surface area (Å²) in [6.07, 6.45) is 2.63. The molecule has 0 saturated heterocycles. The maximum atomic E-state index is 12.2. The van der Waals surface area contributed by atoms with Crippen LogP contribution in [0.25, 0.3) is 0 Å². The van der Waals surface area contributed by atoms with Crippen molar-refractivity contribution in [3.63, 3.8) is 0 Å². The summed E-state index contributed by atoms with van der Waals surface area (Å²) in [6, 6.07) is 0.906. The van der Waals surface area contributed by atoms with E-state index >= 15 is 0 Å². The number of hydrogen-bond donors (Lipinski definition) is 2. The van der Waals surface area contributed by atoms with Gasteiger partial charge in [-0.3, -0.25) is 9.48 Å². The first kappa shape index (κ1) is 14.6. The van der Waals surface area contributed by atoms with Crippen LogP contribution in [0.15, 0.2) is 6.07 Å². The molecule has 1 aliphatic carbocycles. The first-order valence-electron chi connectivity index (χ1n) is 6.96. The number of aliphatic carboxylic acids is 1. The Morgan fingerprint density at radius 1 is 1.50 bits per heavy atom. The van der Waals surface area contributed by atoms with Crippen LogP contribution < -0.4 is 5.32 Å². The van der Waals surface area contributed by atoms with Crippen molar-refractivity contribution in [2.24, 2.45) is 13.0 Å². The Morgan fingerprint density at radius 2 is 2.15 bits per heavy atom. The van der Waals surface area contributed by atoms with Crippen LogP contribution in [0, 0.1) is 5.92 Å². The van der Waals surface area contributed by atoms with Gasteiger partial charge in [0.25, 0.3) is 5.91 Å². The molecule has 1 aliphatic rings. The number of carbonyl (C=O) groups excluding carboxylic acids is 1. The summed E-state index contributed by atoms with van der Waals surface area (Å²) in [5.41, 5.74) is 1.22. The van der Waals surface area contributed by atoms with Gasteiger partial charge in [-0.25, -0.2) is 4.79 Å². The number of nitrogens with zero attached hydrogens (tertiary/aromatic N) is 2. The zero-order chi connectivity index (χ0) is 14.9. The molecule has 0 bridgehead atoms. The fraction of sp³-hybridized carbons (Fsp3) is 0.643. The number of nitrogens with one attached hydrogen (secondary N) is 1. The van der Waals surface area contributed by atoms with E-state index in [2.05, 4.69) is 10.4 Å². The maximum absolute atomic E-state index is 12.2. The third-order valence-electron chi connectivity index (χ3n) is 3.59. The van der Waals surface area contributed by atoms with Crippen LogP contribution in [0.5, 0.6) is 0 Å². The Kier molecular flexibility index (Phi) is 4.11. The average molecular weight is 279 g/mol. The quantitative estimate of drug-likeness (QED) is 0.827. The predicted octanol–water partition coefficient (Wildman–Crippen LogP) is 1.53. The Labute approximate surface area is 118 Å². The van der Waals surface area contributed by atoms with E-state index in [4.69, 9.17) is 0 Å². The van der Waals surface area contributed by atoms with Crippen LogP contribution in [0.4, 0.5) is 0 Å². The number of rotatable bonds is 6. The Bertz CT molecular complexity index is 518. The van der Waals surface area contributed by atoms with Crippen LogP contribution in [0.3, 0.4) is 0 Å². The molecule has 0 aliphatic heterocycles. The summed E-state index contributed by atoms with van der Waals surface area (Å²) >= 11 is 0. The fourth-order valence-electron chi connectivity index (χ4n) is 2.12. The molecule has 1 unspecified atom stereocenters. The number of amides is 1. The van der Waals surface area contributed by atoms with E-state index < -0.39 is 12.0 Å². The number of aromatic nitrogens is 2. The van der Waals surface area contributed by atoms with Crippen molar-refractivity contribution in [3.8, 4) is 0 Å². The lowest BCUT2D eigenvalue weighted by Crippen LogP contribution is -2.41. The topological polar surface area (TPSA) is 84.2 Å². The molecular formula is C14H21N3O3. The van der Waals surface area contributed by atoms with Gasteiger partial charge in [-0.15, -0.1) is 0 Å².